The van der Waals surface area contributed by atoms with Crippen molar-refractivity contribution in [1.82, 2.24) is 0 Å². The number of hydrogen-bond acceptors (Lipinski definition) is 2. The van der Waals surface area contributed by atoms with Gasteiger partial charge >= 0.3 is 5.97 Å². The second-order valence-electron chi connectivity index (χ2n) is 11.1. The molecule has 0 N–H and O–H groups in total. The number of rotatable bonds is 8. The van der Waals surface area contributed by atoms with Crippen LogP contribution in [-0.2, 0) is 9.53 Å². The lowest BCUT2D eigenvalue weighted by atomic mass is 9.62. The van der Waals surface area contributed by atoms with E-state index in [9.17, 15) is 4.79 Å². The number of carbonyl (C=O) groups is 1. The van der Waals surface area contributed by atoms with Crippen LogP contribution < -0.4 is 0 Å². The second-order valence-corrected chi connectivity index (χ2v) is 11.1. The van der Waals surface area contributed by atoms with E-state index in [1.165, 1.54) is 0 Å². The average Bonchev–Trinajstić information content (AvgIpc) is 2.62. The predicted octanol–water partition coefficient (Wildman–Crippen LogP) is 7.26. The molecule has 0 aromatic heterocycles. The maximum atomic E-state index is 13.5. The molecular weight excluding hydrogens is 320 g/mol. The molecule has 1 rings (SSSR count). The number of unbranched alkanes of at least 4 members (excludes halogenated alkanes) is 1. The first-order valence-corrected chi connectivity index (χ1v) is 10.9. The lowest BCUT2D eigenvalue weighted by molar-refractivity contribution is -0.192. The fourth-order valence-corrected chi connectivity index (χ4v) is 5.00. The number of hydrogen-bond donors (Lipinski definition) is 0. The van der Waals surface area contributed by atoms with Crippen molar-refractivity contribution in [1.29, 1.82) is 0 Å². The molecule has 0 aromatic rings. The van der Waals surface area contributed by atoms with Crippen molar-refractivity contribution in [3.8, 4) is 0 Å². The van der Waals surface area contributed by atoms with Gasteiger partial charge in [0.2, 0.25) is 0 Å². The quantitative estimate of drug-likeness (QED) is 0.422. The minimum atomic E-state index is -0.417. The average molecular weight is 367 g/mol. The van der Waals surface area contributed by atoms with E-state index in [0.717, 1.165) is 32.1 Å². The molecular formula is C24H46O2. The van der Waals surface area contributed by atoms with E-state index in [0.29, 0.717) is 11.8 Å². The first-order valence-electron chi connectivity index (χ1n) is 10.9. The SMILES string of the molecule is CCCCC1(OC(=O)C(C)(CC(C)C)C(C)C)CC(C)C(C)(C)C1(C)C. The van der Waals surface area contributed by atoms with Crippen molar-refractivity contribution in [2.24, 2.45) is 34.0 Å². The third kappa shape index (κ3) is 3.85. The third-order valence-corrected chi connectivity index (χ3v) is 8.41. The van der Waals surface area contributed by atoms with E-state index in [4.69, 9.17) is 4.74 Å². The van der Waals surface area contributed by atoms with Gasteiger partial charge in [-0.05, 0) is 55.8 Å². The lowest BCUT2D eigenvalue weighted by Crippen LogP contribution is -2.52. The van der Waals surface area contributed by atoms with Crippen LogP contribution in [0.3, 0.4) is 0 Å². The highest BCUT2D eigenvalue weighted by Gasteiger charge is 2.64. The van der Waals surface area contributed by atoms with Crippen molar-refractivity contribution in [3.05, 3.63) is 0 Å². The van der Waals surface area contributed by atoms with E-state index in [1.54, 1.807) is 0 Å². The molecule has 0 spiro atoms. The van der Waals surface area contributed by atoms with Crippen LogP contribution in [0.5, 0.6) is 0 Å². The van der Waals surface area contributed by atoms with Crippen LogP contribution in [0.4, 0.5) is 0 Å². The molecule has 3 atom stereocenters. The molecule has 0 radical (unpaired) electrons. The zero-order valence-electron chi connectivity index (χ0n) is 19.6. The summed E-state index contributed by atoms with van der Waals surface area (Å²) in [7, 11) is 0. The van der Waals surface area contributed by atoms with Crippen molar-refractivity contribution in [2.45, 2.75) is 114 Å². The molecule has 0 amide bonds. The molecule has 1 saturated carbocycles. The summed E-state index contributed by atoms with van der Waals surface area (Å²) < 4.78 is 6.61. The zero-order chi connectivity index (χ0) is 20.6. The molecule has 154 valence electrons. The maximum absolute atomic E-state index is 13.5. The Morgan fingerprint density at radius 2 is 1.69 bits per heavy atom. The standard InChI is InChI=1S/C24H46O2/c1-12-13-14-24(16-19(6)21(7,8)22(24,9)10)26-20(25)23(11,18(4)5)15-17(2)3/h17-19H,12-16H2,1-11H3. The summed E-state index contributed by atoms with van der Waals surface area (Å²) in [5.74, 6) is 1.32. The van der Waals surface area contributed by atoms with Crippen LogP contribution in [0.25, 0.3) is 0 Å². The monoisotopic (exact) mass is 366 g/mol. The van der Waals surface area contributed by atoms with Gasteiger partial charge in [0.15, 0.2) is 0 Å². The van der Waals surface area contributed by atoms with Gasteiger partial charge in [-0.25, -0.2) is 0 Å². The van der Waals surface area contributed by atoms with Crippen LogP contribution >= 0.6 is 0 Å². The summed E-state index contributed by atoms with van der Waals surface area (Å²) in [6, 6.07) is 0. The zero-order valence-corrected chi connectivity index (χ0v) is 19.6. The normalized spacial score (nSPS) is 29.8. The molecule has 0 bridgehead atoms. The molecule has 1 aliphatic rings. The van der Waals surface area contributed by atoms with Gasteiger partial charge < -0.3 is 4.74 Å². The van der Waals surface area contributed by atoms with E-state index in [2.05, 4.69) is 76.2 Å². The van der Waals surface area contributed by atoms with Gasteiger partial charge in [-0.15, -0.1) is 0 Å². The lowest BCUT2D eigenvalue weighted by Gasteiger charge is -2.49. The smallest absolute Gasteiger partial charge is 0.312 e. The summed E-state index contributed by atoms with van der Waals surface area (Å²) in [4.78, 5) is 13.5. The number of ether oxygens (including phenoxy) is 1. The molecule has 2 heteroatoms. The highest BCUT2D eigenvalue weighted by atomic mass is 16.6. The topological polar surface area (TPSA) is 26.3 Å². The Kier molecular flexibility index (Phi) is 7.09. The highest BCUT2D eigenvalue weighted by Crippen LogP contribution is 2.64. The van der Waals surface area contributed by atoms with Gasteiger partial charge in [0, 0.05) is 5.41 Å². The second kappa shape index (κ2) is 7.84. The Labute approximate surface area is 163 Å². The Hall–Kier alpha value is -0.530. The number of carbonyl (C=O) groups excluding carboxylic acids is 1. The maximum Gasteiger partial charge on any atom is 0.312 e. The summed E-state index contributed by atoms with van der Waals surface area (Å²) in [5, 5.41) is 0. The molecule has 1 fully saturated rings. The fourth-order valence-electron chi connectivity index (χ4n) is 5.00. The van der Waals surface area contributed by atoms with Crippen molar-refractivity contribution >= 4 is 5.97 Å². The van der Waals surface area contributed by atoms with E-state index in [-0.39, 0.29) is 28.3 Å². The summed E-state index contributed by atoms with van der Waals surface area (Å²) >= 11 is 0. The minimum absolute atomic E-state index is 0.0234. The van der Waals surface area contributed by atoms with Crippen molar-refractivity contribution in [2.75, 3.05) is 0 Å². The summed E-state index contributed by atoms with van der Waals surface area (Å²) in [5.41, 5.74) is -0.664. The molecule has 0 saturated heterocycles. The van der Waals surface area contributed by atoms with Gasteiger partial charge in [0.25, 0.3) is 0 Å². The van der Waals surface area contributed by atoms with Crippen LogP contribution in [0, 0.1) is 34.0 Å². The first kappa shape index (κ1) is 23.5. The minimum Gasteiger partial charge on any atom is -0.458 e. The number of esters is 1. The first-order chi connectivity index (χ1) is 11.7. The summed E-state index contributed by atoms with van der Waals surface area (Å²) in [6.45, 7) is 24.8. The molecule has 1 aliphatic carbocycles. The summed E-state index contributed by atoms with van der Waals surface area (Å²) in [6.07, 6.45) is 5.09. The third-order valence-electron chi connectivity index (χ3n) is 8.41. The van der Waals surface area contributed by atoms with Crippen LogP contribution in [0.1, 0.15) is 108 Å². The fraction of sp³-hybridized carbons (Fsp3) is 0.958. The molecule has 26 heavy (non-hydrogen) atoms. The van der Waals surface area contributed by atoms with Gasteiger partial charge in [-0.2, -0.15) is 0 Å². The Morgan fingerprint density at radius 3 is 2.04 bits per heavy atom. The molecule has 0 aliphatic heterocycles. The van der Waals surface area contributed by atoms with Crippen molar-refractivity contribution in [3.63, 3.8) is 0 Å². The predicted molar refractivity (Wildman–Crippen MR) is 112 cm³/mol. The largest absolute Gasteiger partial charge is 0.458 e. The highest BCUT2D eigenvalue weighted by molar-refractivity contribution is 5.77. The Balaban J connectivity index is 3.29. The molecule has 0 aromatic carbocycles. The van der Waals surface area contributed by atoms with Crippen molar-refractivity contribution < 1.29 is 9.53 Å². The van der Waals surface area contributed by atoms with Crippen LogP contribution in [0.15, 0.2) is 0 Å². The molecule has 3 unspecified atom stereocenters. The van der Waals surface area contributed by atoms with Gasteiger partial charge in [0.05, 0.1) is 5.41 Å². The van der Waals surface area contributed by atoms with Crippen LogP contribution in [0.2, 0.25) is 0 Å². The van der Waals surface area contributed by atoms with Crippen LogP contribution in [-0.4, -0.2) is 11.6 Å². The van der Waals surface area contributed by atoms with E-state index < -0.39 is 5.41 Å². The van der Waals surface area contributed by atoms with E-state index >= 15 is 0 Å². The molecule has 0 heterocycles. The van der Waals surface area contributed by atoms with Gasteiger partial charge in [-0.3, -0.25) is 4.79 Å². The Morgan fingerprint density at radius 1 is 1.15 bits per heavy atom. The Bertz CT molecular complexity index is 488. The van der Waals surface area contributed by atoms with E-state index in [1.807, 2.05) is 0 Å². The molecule has 2 nitrogen and oxygen atoms in total. The van der Waals surface area contributed by atoms with Gasteiger partial charge in [0.1, 0.15) is 5.60 Å². The van der Waals surface area contributed by atoms with Gasteiger partial charge in [-0.1, -0.05) is 75.7 Å².